The van der Waals surface area contributed by atoms with Crippen LogP contribution in [-0.4, -0.2) is 18.7 Å². The Morgan fingerprint density at radius 2 is 1.74 bits per heavy atom. The molecule has 8 heteroatoms. The number of carbonyl (C=O) groups excluding carboxylic acids is 1. The second-order valence-electron chi connectivity index (χ2n) is 4.38. The zero-order valence-electron chi connectivity index (χ0n) is 11.7. The maximum absolute atomic E-state index is 12.1. The van der Waals surface area contributed by atoms with Crippen molar-refractivity contribution in [2.24, 2.45) is 0 Å². The largest absolute Gasteiger partial charge is 0.381 e. The molecule has 2 aromatic rings. The number of sulfone groups is 1. The van der Waals surface area contributed by atoms with E-state index in [4.69, 9.17) is 21.7 Å². The summed E-state index contributed by atoms with van der Waals surface area (Å²) in [4.78, 5) is 16.8. The first-order valence-corrected chi connectivity index (χ1v) is 8.22. The lowest BCUT2D eigenvalue weighted by Crippen LogP contribution is -2.31. The number of halogens is 1. The predicted octanol–water partition coefficient (Wildman–Crippen LogP) is 3.15. The molecular formula is C15H11ClN2O4S. The van der Waals surface area contributed by atoms with E-state index in [0.717, 1.165) is 0 Å². The molecule has 2 aromatic carbocycles. The smallest absolute Gasteiger partial charge is 0.252 e. The van der Waals surface area contributed by atoms with Crippen LogP contribution >= 0.6 is 11.6 Å². The van der Waals surface area contributed by atoms with Crippen LogP contribution in [0.4, 0.5) is 4.79 Å². The van der Waals surface area contributed by atoms with E-state index in [1.165, 1.54) is 30.5 Å². The first-order valence-electron chi connectivity index (χ1n) is 6.36. The fourth-order valence-electron chi connectivity index (χ4n) is 1.65. The van der Waals surface area contributed by atoms with Crippen LogP contribution in [0.3, 0.4) is 0 Å². The van der Waals surface area contributed by atoms with Crippen molar-refractivity contribution in [3.63, 3.8) is 0 Å². The molecule has 0 spiro atoms. The van der Waals surface area contributed by atoms with Crippen LogP contribution in [0.5, 0.6) is 0 Å². The molecule has 0 bridgehead atoms. The molecule has 0 atom stereocenters. The van der Waals surface area contributed by atoms with Gasteiger partial charge in [-0.05, 0) is 29.8 Å². The van der Waals surface area contributed by atoms with Gasteiger partial charge in [0.25, 0.3) is 9.84 Å². The molecule has 0 aliphatic heterocycles. The number of hydrogen-bond acceptors (Lipinski definition) is 5. The summed E-state index contributed by atoms with van der Waals surface area (Å²) in [5.41, 5.74) is 0.625. The Morgan fingerprint density at radius 1 is 1.13 bits per heavy atom. The lowest BCUT2D eigenvalue weighted by molar-refractivity contribution is -0.0771. The van der Waals surface area contributed by atoms with Crippen molar-refractivity contribution in [2.45, 2.75) is 11.5 Å². The number of amides is 1. The molecule has 0 aromatic heterocycles. The lowest BCUT2D eigenvalue weighted by Gasteiger charge is -2.13. The Bertz CT molecular complexity index is 830. The van der Waals surface area contributed by atoms with E-state index in [9.17, 15) is 13.2 Å². The Kier molecular flexibility index (Phi) is 5.34. The first-order chi connectivity index (χ1) is 10.9. The van der Waals surface area contributed by atoms with Crippen LogP contribution in [0.1, 0.15) is 5.56 Å². The molecule has 2 rings (SSSR count). The molecule has 6 nitrogen and oxygen atoms in total. The van der Waals surface area contributed by atoms with Gasteiger partial charge in [0, 0.05) is 5.02 Å². The molecular weight excluding hydrogens is 340 g/mol. The third kappa shape index (κ3) is 4.07. The van der Waals surface area contributed by atoms with Crippen LogP contribution in [0.2, 0.25) is 5.02 Å². The van der Waals surface area contributed by atoms with Gasteiger partial charge in [-0.15, -0.1) is 5.06 Å². The van der Waals surface area contributed by atoms with Gasteiger partial charge in [-0.3, -0.25) is 9.63 Å². The molecule has 0 fully saturated rings. The van der Waals surface area contributed by atoms with Crippen molar-refractivity contribution < 1.29 is 18.0 Å². The van der Waals surface area contributed by atoms with Crippen LogP contribution in [0.15, 0.2) is 59.5 Å². The van der Waals surface area contributed by atoms with Gasteiger partial charge >= 0.3 is 5.24 Å². The van der Waals surface area contributed by atoms with Crippen molar-refractivity contribution in [3.8, 4) is 6.19 Å². The van der Waals surface area contributed by atoms with Gasteiger partial charge in [0.1, 0.15) is 6.61 Å². The topological polar surface area (TPSA) is 87.5 Å². The summed E-state index contributed by atoms with van der Waals surface area (Å²) in [6, 6.07) is 13.6. The minimum Gasteiger partial charge on any atom is -0.252 e. The predicted molar refractivity (Wildman–Crippen MR) is 82.7 cm³/mol. The van der Waals surface area contributed by atoms with Crippen LogP contribution in [0, 0.1) is 11.5 Å². The van der Waals surface area contributed by atoms with Crippen molar-refractivity contribution in [3.05, 3.63) is 65.2 Å². The van der Waals surface area contributed by atoms with Crippen molar-refractivity contribution in [1.29, 1.82) is 5.26 Å². The number of carbonyl (C=O) groups is 1. The SMILES string of the molecule is N#CN(OCc1ccc(Cl)cc1)C(=O)S(=O)(=O)c1ccccc1. The summed E-state index contributed by atoms with van der Waals surface area (Å²) < 4.78 is 24.3. The maximum Gasteiger partial charge on any atom is 0.381 e. The lowest BCUT2D eigenvalue weighted by atomic mass is 10.2. The quantitative estimate of drug-likeness (QED) is 0.480. The summed E-state index contributed by atoms with van der Waals surface area (Å²) in [5.74, 6) is 0. The maximum atomic E-state index is 12.1. The van der Waals surface area contributed by atoms with E-state index >= 15 is 0 Å². The van der Waals surface area contributed by atoms with Gasteiger partial charge < -0.3 is 0 Å². The molecule has 0 heterocycles. The monoisotopic (exact) mass is 350 g/mol. The summed E-state index contributed by atoms with van der Waals surface area (Å²) in [7, 11) is -4.34. The fourth-order valence-corrected chi connectivity index (χ4v) is 2.81. The molecule has 118 valence electrons. The second-order valence-corrected chi connectivity index (χ2v) is 6.64. The highest BCUT2D eigenvalue weighted by molar-refractivity contribution is 8.06. The van der Waals surface area contributed by atoms with Gasteiger partial charge in [-0.1, -0.05) is 41.9 Å². The summed E-state index contributed by atoms with van der Waals surface area (Å²) >= 11 is 5.74. The average molecular weight is 351 g/mol. The summed E-state index contributed by atoms with van der Waals surface area (Å²) in [5, 5.41) is 8.20. The Balaban J connectivity index is 2.13. The number of hydroxylamine groups is 2. The molecule has 23 heavy (non-hydrogen) atoms. The fraction of sp³-hybridized carbons (Fsp3) is 0.0667. The molecule has 0 N–H and O–H groups in total. The molecule has 0 saturated heterocycles. The molecule has 0 radical (unpaired) electrons. The van der Waals surface area contributed by atoms with Gasteiger partial charge in [0.2, 0.25) is 6.19 Å². The van der Waals surface area contributed by atoms with Gasteiger partial charge in [-0.25, -0.2) is 8.42 Å². The average Bonchev–Trinajstić information content (AvgIpc) is 2.57. The van der Waals surface area contributed by atoms with Gasteiger partial charge in [0.05, 0.1) is 4.90 Å². The number of benzene rings is 2. The van der Waals surface area contributed by atoms with Crippen molar-refractivity contribution in [1.82, 2.24) is 5.06 Å². The highest BCUT2D eigenvalue weighted by Crippen LogP contribution is 2.16. The van der Waals surface area contributed by atoms with Crippen molar-refractivity contribution in [2.75, 3.05) is 0 Å². The third-order valence-corrected chi connectivity index (χ3v) is 4.58. The number of hydrogen-bond donors (Lipinski definition) is 0. The zero-order chi connectivity index (χ0) is 16.9. The molecule has 0 saturated carbocycles. The van der Waals surface area contributed by atoms with E-state index in [0.29, 0.717) is 10.6 Å². The van der Waals surface area contributed by atoms with E-state index in [1.54, 1.807) is 30.3 Å². The molecule has 0 aliphatic rings. The van der Waals surface area contributed by atoms with E-state index in [1.807, 2.05) is 0 Å². The molecule has 0 unspecified atom stereocenters. The minimum atomic E-state index is -4.34. The molecule has 1 amide bonds. The first kappa shape index (κ1) is 17.0. The van der Waals surface area contributed by atoms with Gasteiger partial charge in [-0.2, -0.15) is 5.26 Å². The second kappa shape index (κ2) is 7.24. The van der Waals surface area contributed by atoms with E-state index < -0.39 is 15.1 Å². The summed E-state index contributed by atoms with van der Waals surface area (Å²) in [6.45, 7) is -0.152. The standard InChI is InChI=1S/C15H11ClN2O4S/c16-13-8-6-12(7-9-13)10-22-18(11-17)15(19)23(20,21)14-4-2-1-3-5-14/h1-9H,10H2. The number of rotatable bonds is 4. The Labute approximate surface area is 138 Å². The van der Waals surface area contributed by atoms with E-state index in [2.05, 4.69) is 0 Å². The summed E-state index contributed by atoms with van der Waals surface area (Å²) in [6.07, 6.45) is 1.42. The van der Waals surface area contributed by atoms with Crippen molar-refractivity contribution >= 4 is 26.7 Å². The van der Waals surface area contributed by atoms with Crippen LogP contribution < -0.4 is 0 Å². The van der Waals surface area contributed by atoms with Gasteiger partial charge in [0.15, 0.2) is 0 Å². The minimum absolute atomic E-state index is 0.150. The third-order valence-electron chi connectivity index (χ3n) is 2.81. The van der Waals surface area contributed by atoms with Crippen LogP contribution in [0.25, 0.3) is 0 Å². The zero-order valence-corrected chi connectivity index (χ0v) is 13.3. The van der Waals surface area contributed by atoms with Crippen LogP contribution in [-0.2, 0) is 21.3 Å². The number of nitriles is 1. The highest BCUT2D eigenvalue weighted by atomic mass is 35.5. The van der Waals surface area contributed by atoms with E-state index in [-0.39, 0.29) is 16.6 Å². The highest BCUT2D eigenvalue weighted by Gasteiger charge is 2.31. The Morgan fingerprint density at radius 3 is 2.30 bits per heavy atom. The number of nitrogens with zero attached hydrogens (tertiary/aromatic N) is 2. The Hall–Kier alpha value is -2.40. The molecule has 0 aliphatic carbocycles. The normalized spacial score (nSPS) is 10.8.